The van der Waals surface area contributed by atoms with Crippen molar-refractivity contribution < 1.29 is 9.90 Å². The number of rotatable bonds is 7. The van der Waals surface area contributed by atoms with Crippen molar-refractivity contribution in [1.82, 2.24) is 15.0 Å². The van der Waals surface area contributed by atoms with Gasteiger partial charge in [-0.3, -0.25) is 4.79 Å². The molecule has 8 nitrogen and oxygen atoms in total. The number of aryl methyl sites for hydroxylation is 1. The number of thiazole rings is 1. The third kappa shape index (κ3) is 5.02. The molecule has 9 heteroatoms. The van der Waals surface area contributed by atoms with E-state index in [1.807, 2.05) is 32.0 Å². The van der Waals surface area contributed by atoms with Gasteiger partial charge in [-0.15, -0.1) is 0 Å². The Labute approximate surface area is 167 Å². The molecule has 0 radical (unpaired) electrons. The standard InChI is InChI=1S/C19H22N6O2S/c1-11(10-26)21-19-22-12(2)17(28-19)16-8-9-20-18(25-16)24-15-6-4-14(5-7-15)23-13(3)27/h4-9,11,26H,10H2,1-3H3,(H,21,22)(H,23,27)(H,20,24,25). The molecule has 1 atom stereocenters. The maximum atomic E-state index is 11.1. The molecule has 1 amide bonds. The molecule has 1 aromatic carbocycles. The van der Waals surface area contributed by atoms with Crippen LogP contribution in [-0.4, -0.2) is 38.6 Å². The molecule has 0 bridgehead atoms. The van der Waals surface area contributed by atoms with Crippen LogP contribution in [-0.2, 0) is 4.79 Å². The summed E-state index contributed by atoms with van der Waals surface area (Å²) in [6.45, 7) is 5.32. The Bertz CT molecular complexity index is 957. The van der Waals surface area contributed by atoms with Gasteiger partial charge >= 0.3 is 0 Å². The first-order valence-corrected chi connectivity index (χ1v) is 9.59. The lowest BCUT2D eigenvalue weighted by Gasteiger charge is -2.08. The maximum Gasteiger partial charge on any atom is 0.227 e. The van der Waals surface area contributed by atoms with Crippen LogP contribution in [0, 0.1) is 6.92 Å². The second-order valence-corrected chi connectivity index (χ2v) is 7.31. The Balaban J connectivity index is 1.76. The van der Waals surface area contributed by atoms with Crippen LogP contribution in [0.3, 0.4) is 0 Å². The lowest BCUT2D eigenvalue weighted by atomic mass is 10.2. The van der Waals surface area contributed by atoms with E-state index in [4.69, 9.17) is 0 Å². The number of anilines is 4. The van der Waals surface area contributed by atoms with Gasteiger partial charge in [-0.05, 0) is 44.2 Å². The van der Waals surface area contributed by atoms with Crippen molar-refractivity contribution >= 4 is 39.7 Å². The quantitative estimate of drug-likeness (QED) is 0.482. The fourth-order valence-corrected chi connectivity index (χ4v) is 3.51. The highest BCUT2D eigenvalue weighted by atomic mass is 32.1. The topological polar surface area (TPSA) is 112 Å². The molecule has 3 aromatic rings. The molecule has 0 saturated carbocycles. The molecule has 0 aliphatic carbocycles. The number of carbonyl (C=O) groups excluding carboxylic acids is 1. The number of aliphatic hydroxyl groups is 1. The molecule has 0 fully saturated rings. The number of aromatic nitrogens is 3. The van der Waals surface area contributed by atoms with Gasteiger partial charge in [0.05, 0.1) is 22.9 Å². The van der Waals surface area contributed by atoms with E-state index in [0.29, 0.717) is 5.95 Å². The molecule has 1 unspecified atom stereocenters. The van der Waals surface area contributed by atoms with Crippen LogP contribution in [0.2, 0.25) is 0 Å². The molecule has 0 spiro atoms. The van der Waals surface area contributed by atoms with Crippen molar-refractivity contribution in [1.29, 1.82) is 0 Å². The summed E-state index contributed by atoms with van der Waals surface area (Å²) in [5.74, 6) is 0.356. The third-order valence-corrected chi connectivity index (χ3v) is 4.90. The Morgan fingerprint density at radius 2 is 1.89 bits per heavy atom. The summed E-state index contributed by atoms with van der Waals surface area (Å²) in [7, 11) is 0. The SMILES string of the molecule is CC(=O)Nc1ccc(Nc2nccc(-c3sc(NC(C)CO)nc3C)n2)cc1. The van der Waals surface area contributed by atoms with Crippen molar-refractivity contribution in [2.45, 2.75) is 26.8 Å². The number of carbonyl (C=O) groups is 1. The average Bonchev–Trinajstić information content (AvgIpc) is 3.03. The fraction of sp³-hybridized carbons (Fsp3) is 0.263. The van der Waals surface area contributed by atoms with Crippen molar-refractivity contribution in [2.75, 3.05) is 22.6 Å². The van der Waals surface area contributed by atoms with Gasteiger partial charge < -0.3 is 21.1 Å². The van der Waals surface area contributed by atoms with E-state index in [0.717, 1.165) is 32.8 Å². The van der Waals surface area contributed by atoms with Gasteiger partial charge in [0.25, 0.3) is 0 Å². The highest BCUT2D eigenvalue weighted by Crippen LogP contribution is 2.32. The summed E-state index contributed by atoms with van der Waals surface area (Å²) in [6.07, 6.45) is 1.69. The molecule has 0 aliphatic heterocycles. The second-order valence-electron chi connectivity index (χ2n) is 6.31. The number of amides is 1. The van der Waals surface area contributed by atoms with E-state index in [1.54, 1.807) is 18.3 Å². The third-order valence-electron chi connectivity index (χ3n) is 3.79. The summed E-state index contributed by atoms with van der Waals surface area (Å²) in [6, 6.07) is 9.07. The van der Waals surface area contributed by atoms with Crippen LogP contribution >= 0.6 is 11.3 Å². The number of nitrogens with zero attached hydrogens (tertiary/aromatic N) is 3. The zero-order chi connectivity index (χ0) is 20.1. The van der Waals surface area contributed by atoms with Crippen LogP contribution in [0.5, 0.6) is 0 Å². The molecule has 2 heterocycles. The largest absolute Gasteiger partial charge is 0.394 e. The van der Waals surface area contributed by atoms with Gasteiger partial charge in [-0.25, -0.2) is 15.0 Å². The number of hydrogen-bond donors (Lipinski definition) is 4. The van der Waals surface area contributed by atoms with E-state index in [9.17, 15) is 9.90 Å². The Morgan fingerprint density at radius 1 is 1.18 bits per heavy atom. The highest BCUT2D eigenvalue weighted by Gasteiger charge is 2.13. The van der Waals surface area contributed by atoms with Gasteiger partial charge in [0, 0.05) is 30.5 Å². The van der Waals surface area contributed by atoms with Crippen molar-refractivity contribution in [2.24, 2.45) is 0 Å². The van der Waals surface area contributed by atoms with E-state index >= 15 is 0 Å². The predicted octanol–water partition coefficient (Wildman–Crippen LogP) is 3.40. The van der Waals surface area contributed by atoms with Gasteiger partial charge in [0.2, 0.25) is 11.9 Å². The van der Waals surface area contributed by atoms with Gasteiger partial charge in [0.15, 0.2) is 5.13 Å². The predicted molar refractivity (Wildman–Crippen MR) is 112 cm³/mol. The van der Waals surface area contributed by atoms with Crippen LogP contribution in [0.1, 0.15) is 19.5 Å². The van der Waals surface area contributed by atoms with Crippen LogP contribution in [0.4, 0.5) is 22.5 Å². The minimum Gasteiger partial charge on any atom is -0.394 e. The number of benzene rings is 1. The first kappa shape index (κ1) is 19.7. The van der Waals surface area contributed by atoms with Crippen LogP contribution in [0.25, 0.3) is 10.6 Å². The zero-order valence-corrected chi connectivity index (χ0v) is 16.7. The minimum atomic E-state index is -0.112. The Kier molecular flexibility index (Phi) is 6.17. The molecular formula is C19H22N6O2S. The molecule has 2 aromatic heterocycles. The smallest absolute Gasteiger partial charge is 0.227 e. The van der Waals surface area contributed by atoms with E-state index < -0.39 is 0 Å². The first-order chi connectivity index (χ1) is 13.4. The number of nitrogens with one attached hydrogen (secondary N) is 3. The summed E-state index contributed by atoms with van der Waals surface area (Å²) >= 11 is 1.49. The minimum absolute atomic E-state index is 0.0380. The first-order valence-electron chi connectivity index (χ1n) is 8.77. The molecule has 4 N–H and O–H groups in total. The fourth-order valence-electron chi connectivity index (χ4n) is 2.47. The van der Waals surface area contributed by atoms with Crippen molar-refractivity contribution in [3.8, 4) is 10.6 Å². The molecular weight excluding hydrogens is 376 g/mol. The number of aliphatic hydroxyl groups excluding tert-OH is 1. The highest BCUT2D eigenvalue weighted by molar-refractivity contribution is 7.19. The van der Waals surface area contributed by atoms with Crippen molar-refractivity contribution in [3.05, 3.63) is 42.2 Å². The lowest BCUT2D eigenvalue weighted by molar-refractivity contribution is -0.114. The van der Waals surface area contributed by atoms with Gasteiger partial charge in [-0.2, -0.15) is 0 Å². The summed E-state index contributed by atoms with van der Waals surface area (Å²) in [5, 5.41) is 19.0. The molecule has 3 rings (SSSR count). The summed E-state index contributed by atoms with van der Waals surface area (Å²) in [4.78, 5) is 25.4. The van der Waals surface area contributed by atoms with E-state index in [1.165, 1.54) is 18.3 Å². The molecule has 0 aliphatic rings. The van der Waals surface area contributed by atoms with Crippen LogP contribution < -0.4 is 16.0 Å². The maximum absolute atomic E-state index is 11.1. The van der Waals surface area contributed by atoms with Crippen LogP contribution in [0.15, 0.2) is 36.5 Å². The lowest BCUT2D eigenvalue weighted by Crippen LogP contribution is -2.18. The van der Waals surface area contributed by atoms with E-state index in [2.05, 4.69) is 30.9 Å². The molecule has 0 saturated heterocycles. The molecule has 28 heavy (non-hydrogen) atoms. The average molecular weight is 398 g/mol. The van der Waals surface area contributed by atoms with Gasteiger partial charge in [0.1, 0.15) is 0 Å². The molecule has 146 valence electrons. The number of hydrogen-bond acceptors (Lipinski definition) is 8. The van der Waals surface area contributed by atoms with Crippen molar-refractivity contribution in [3.63, 3.8) is 0 Å². The monoisotopic (exact) mass is 398 g/mol. The zero-order valence-electron chi connectivity index (χ0n) is 15.9. The van der Waals surface area contributed by atoms with Gasteiger partial charge in [-0.1, -0.05) is 11.3 Å². The Morgan fingerprint density at radius 3 is 2.57 bits per heavy atom. The Hall–Kier alpha value is -3.04. The second kappa shape index (κ2) is 8.77. The normalized spacial score (nSPS) is 11.7. The van der Waals surface area contributed by atoms with E-state index in [-0.39, 0.29) is 18.6 Å². The summed E-state index contributed by atoms with van der Waals surface area (Å²) < 4.78 is 0. The summed E-state index contributed by atoms with van der Waals surface area (Å²) in [5.41, 5.74) is 3.17.